The molecule has 1 fully saturated rings. The molecular formula is C14H18FN3. The maximum absolute atomic E-state index is 13.9. The minimum absolute atomic E-state index is 0.113. The average Bonchev–Trinajstić information content (AvgIpc) is 2.30. The van der Waals surface area contributed by atoms with Crippen molar-refractivity contribution in [3.63, 3.8) is 0 Å². The van der Waals surface area contributed by atoms with Crippen molar-refractivity contribution in [1.29, 1.82) is 5.26 Å². The zero-order valence-corrected chi connectivity index (χ0v) is 10.6. The van der Waals surface area contributed by atoms with E-state index in [2.05, 4.69) is 11.8 Å². The quantitative estimate of drug-likeness (QED) is 0.868. The second kappa shape index (κ2) is 5.47. The van der Waals surface area contributed by atoms with Gasteiger partial charge in [-0.2, -0.15) is 5.26 Å². The van der Waals surface area contributed by atoms with E-state index in [1.54, 1.807) is 12.1 Å². The molecule has 1 heterocycles. The van der Waals surface area contributed by atoms with E-state index < -0.39 is 5.82 Å². The fourth-order valence-electron chi connectivity index (χ4n) is 2.67. The van der Waals surface area contributed by atoms with Gasteiger partial charge in [0.15, 0.2) is 0 Å². The molecule has 1 saturated heterocycles. The highest BCUT2D eigenvalue weighted by molar-refractivity contribution is 5.34. The summed E-state index contributed by atoms with van der Waals surface area (Å²) in [5, 5.41) is 8.81. The molecule has 3 nitrogen and oxygen atoms in total. The molecule has 1 aromatic rings. The first-order valence-electron chi connectivity index (χ1n) is 6.25. The number of likely N-dealkylation sites (tertiary alicyclic amines) is 1. The van der Waals surface area contributed by atoms with Gasteiger partial charge in [0.2, 0.25) is 0 Å². The van der Waals surface area contributed by atoms with E-state index in [9.17, 15) is 4.39 Å². The summed E-state index contributed by atoms with van der Waals surface area (Å²) in [6.07, 6.45) is 1.03. The first kappa shape index (κ1) is 13.0. The van der Waals surface area contributed by atoms with Gasteiger partial charge in [-0.3, -0.25) is 4.90 Å². The monoisotopic (exact) mass is 247 g/mol. The predicted octanol–water partition coefficient (Wildman–Crippen LogP) is 1.87. The van der Waals surface area contributed by atoms with Crippen molar-refractivity contribution in [1.82, 2.24) is 4.90 Å². The molecule has 0 radical (unpaired) electrons. The molecule has 96 valence electrons. The molecule has 2 N–H and O–H groups in total. The normalized spacial score (nSPS) is 24.8. The lowest BCUT2D eigenvalue weighted by atomic mass is 9.96. The smallest absolute Gasteiger partial charge is 0.145 e. The fourth-order valence-corrected chi connectivity index (χ4v) is 2.67. The number of piperidine rings is 1. The van der Waals surface area contributed by atoms with Crippen LogP contribution in [0.25, 0.3) is 0 Å². The van der Waals surface area contributed by atoms with Gasteiger partial charge in [-0.25, -0.2) is 4.39 Å². The SMILES string of the molecule is CC1CC(N)CN(Cc2cccc(C#N)c2F)C1. The van der Waals surface area contributed by atoms with Crippen LogP contribution in [-0.4, -0.2) is 24.0 Å². The molecule has 2 atom stereocenters. The third-order valence-corrected chi connectivity index (χ3v) is 3.36. The average molecular weight is 247 g/mol. The summed E-state index contributed by atoms with van der Waals surface area (Å²) in [5.41, 5.74) is 6.67. The van der Waals surface area contributed by atoms with Gasteiger partial charge >= 0.3 is 0 Å². The van der Waals surface area contributed by atoms with Gasteiger partial charge in [0.1, 0.15) is 11.9 Å². The Kier molecular flexibility index (Phi) is 3.95. The lowest BCUT2D eigenvalue weighted by molar-refractivity contribution is 0.157. The molecule has 1 aromatic carbocycles. The maximum atomic E-state index is 13.9. The lowest BCUT2D eigenvalue weighted by Crippen LogP contribution is -2.45. The Hall–Kier alpha value is -1.44. The summed E-state index contributed by atoms with van der Waals surface area (Å²) in [6, 6.07) is 7.00. The second-order valence-electron chi connectivity index (χ2n) is 5.19. The number of nitrogens with zero attached hydrogens (tertiary/aromatic N) is 2. The molecule has 0 amide bonds. The summed E-state index contributed by atoms with van der Waals surface area (Å²) in [7, 11) is 0. The third-order valence-electron chi connectivity index (χ3n) is 3.36. The van der Waals surface area contributed by atoms with Gasteiger partial charge in [0.05, 0.1) is 5.56 Å². The summed E-state index contributed by atoms with van der Waals surface area (Å²) < 4.78 is 13.9. The fraction of sp³-hybridized carbons (Fsp3) is 0.500. The van der Waals surface area contributed by atoms with Crippen molar-refractivity contribution >= 4 is 0 Å². The zero-order valence-electron chi connectivity index (χ0n) is 10.6. The van der Waals surface area contributed by atoms with Crippen LogP contribution in [0.3, 0.4) is 0 Å². The highest BCUT2D eigenvalue weighted by Crippen LogP contribution is 2.19. The highest BCUT2D eigenvalue weighted by Gasteiger charge is 2.23. The van der Waals surface area contributed by atoms with Crippen LogP contribution >= 0.6 is 0 Å². The van der Waals surface area contributed by atoms with Gasteiger partial charge in [-0.1, -0.05) is 19.1 Å². The number of benzene rings is 1. The number of rotatable bonds is 2. The van der Waals surface area contributed by atoms with E-state index >= 15 is 0 Å². The van der Waals surface area contributed by atoms with Crippen molar-refractivity contribution in [3.05, 3.63) is 35.1 Å². The Balaban J connectivity index is 2.12. The minimum atomic E-state index is -0.396. The van der Waals surface area contributed by atoms with Crippen LogP contribution in [0, 0.1) is 23.1 Å². The third kappa shape index (κ3) is 2.87. The molecule has 2 unspecified atom stereocenters. The van der Waals surface area contributed by atoms with Gasteiger partial charge in [-0.15, -0.1) is 0 Å². The Bertz CT molecular complexity index is 457. The Labute approximate surface area is 107 Å². The van der Waals surface area contributed by atoms with Crippen LogP contribution in [0.5, 0.6) is 0 Å². The Morgan fingerprint density at radius 1 is 1.50 bits per heavy atom. The molecule has 0 aromatic heterocycles. The minimum Gasteiger partial charge on any atom is -0.327 e. The summed E-state index contributed by atoms with van der Waals surface area (Å²) in [4.78, 5) is 2.17. The molecule has 2 rings (SSSR count). The van der Waals surface area contributed by atoms with Crippen LogP contribution in [0.1, 0.15) is 24.5 Å². The maximum Gasteiger partial charge on any atom is 0.145 e. The van der Waals surface area contributed by atoms with Crippen LogP contribution in [0.2, 0.25) is 0 Å². The molecule has 1 aliphatic heterocycles. The number of nitrogens with two attached hydrogens (primary N) is 1. The molecule has 0 saturated carbocycles. The first-order chi connectivity index (χ1) is 8.60. The number of nitriles is 1. The van der Waals surface area contributed by atoms with Gasteiger partial charge in [0, 0.05) is 31.2 Å². The van der Waals surface area contributed by atoms with E-state index in [0.29, 0.717) is 18.0 Å². The second-order valence-corrected chi connectivity index (χ2v) is 5.19. The molecule has 0 spiro atoms. The van der Waals surface area contributed by atoms with Gasteiger partial charge in [-0.05, 0) is 18.4 Å². The summed E-state index contributed by atoms with van der Waals surface area (Å²) in [5.74, 6) is 0.141. The van der Waals surface area contributed by atoms with E-state index in [4.69, 9.17) is 11.0 Å². The largest absolute Gasteiger partial charge is 0.327 e. The van der Waals surface area contributed by atoms with Gasteiger partial charge < -0.3 is 5.73 Å². The van der Waals surface area contributed by atoms with Crippen LogP contribution in [-0.2, 0) is 6.54 Å². The topological polar surface area (TPSA) is 53.0 Å². The predicted molar refractivity (Wildman–Crippen MR) is 68.1 cm³/mol. The van der Waals surface area contributed by atoms with Crippen LogP contribution in [0.4, 0.5) is 4.39 Å². The molecule has 0 aliphatic carbocycles. The molecule has 4 heteroatoms. The van der Waals surface area contributed by atoms with Crippen LogP contribution < -0.4 is 5.73 Å². The van der Waals surface area contributed by atoms with Crippen molar-refractivity contribution in [2.45, 2.75) is 25.9 Å². The number of hydrogen-bond donors (Lipinski definition) is 1. The molecule has 1 aliphatic rings. The van der Waals surface area contributed by atoms with E-state index in [1.807, 2.05) is 6.07 Å². The van der Waals surface area contributed by atoms with Gasteiger partial charge in [0.25, 0.3) is 0 Å². The number of hydrogen-bond acceptors (Lipinski definition) is 3. The molecule has 18 heavy (non-hydrogen) atoms. The van der Waals surface area contributed by atoms with Crippen molar-refractivity contribution in [3.8, 4) is 6.07 Å². The Morgan fingerprint density at radius 3 is 2.94 bits per heavy atom. The summed E-state index contributed by atoms with van der Waals surface area (Å²) in [6.45, 7) is 4.41. The highest BCUT2D eigenvalue weighted by atomic mass is 19.1. The van der Waals surface area contributed by atoms with Crippen molar-refractivity contribution in [2.24, 2.45) is 11.7 Å². The number of halogens is 1. The van der Waals surface area contributed by atoms with E-state index in [1.165, 1.54) is 6.07 Å². The van der Waals surface area contributed by atoms with Crippen molar-refractivity contribution < 1.29 is 4.39 Å². The van der Waals surface area contributed by atoms with Crippen molar-refractivity contribution in [2.75, 3.05) is 13.1 Å². The van der Waals surface area contributed by atoms with E-state index in [-0.39, 0.29) is 11.6 Å². The lowest BCUT2D eigenvalue weighted by Gasteiger charge is -2.34. The first-order valence-corrected chi connectivity index (χ1v) is 6.25. The Morgan fingerprint density at radius 2 is 2.28 bits per heavy atom. The zero-order chi connectivity index (χ0) is 13.1. The van der Waals surface area contributed by atoms with Crippen LogP contribution in [0.15, 0.2) is 18.2 Å². The standard InChI is InChI=1S/C14H18FN3/c1-10-5-13(17)9-18(7-10)8-12-4-2-3-11(6-16)14(12)15/h2-4,10,13H,5,7-9,17H2,1H3. The summed E-state index contributed by atoms with van der Waals surface area (Å²) >= 11 is 0. The molecular weight excluding hydrogens is 229 g/mol. The van der Waals surface area contributed by atoms with E-state index in [0.717, 1.165) is 19.5 Å². The molecule has 0 bridgehead atoms.